The molecule has 0 N–H and O–H groups in total. The molecule has 1 aromatic heterocycles. The van der Waals surface area contributed by atoms with Crippen LogP contribution in [0.5, 0.6) is 0 Å². The summed E-state index contributed by atoms with van der Waals surface area (Å²) >= 11 is 1.61. The zero-order chi connectivity index (χ0) is 21.5. The summed E-state index contributed by atoms with van der Waals surface area (Å²) < 4.78 is 1.75. The third kappa shape index (κ3) is 3.71. The van der Waals surface area contributed by atoms with Crippen molar-refractivity contribution in [2.45, 2.75) is 32.0 Å². The Labute approximate surface area is 185 Å². The summed E-state index contributed by atoms with van der Waals surface area (Å²) in [5.74, 6) is 0.983. The second-order valence-electron chi connectivity index (χ2n) is 8.35. The van der Waals surface area contributed by atoms with Crippen LogP contribution in [0.1, 0.15) is 27.9 Å². The molecule has 0 atom stereocenters. The highest BCUT2D eigenvalue weighted by molar-refractivity contribution is 7.99. The van der Waals surface area contributed by atoms with Gasteiger partial charge < -0.3 is 9.80 Å². The number of rotatable bonds is 2. The highest BCUT2D eigenvalue weighted by atomic mass is 32.2. The number of hydrogen-bond donors (Lipinski definition) is 0. The number of benzene rings is 2. The van der Waals surface area contributed by atoms with Crippen LogP contribution in [0.15, 0.2) is 46.3 Å². The Morgan fingerprint density at radius 3 is 2.61 bits per heavy atom. The van der Waals surface area contributed by atoms with Gasteiger partial charge in [0.1, 0.15) is 0 Å². The topological polar surface area (TPSA) is 58.4 Å². The highest BCUT2D eigenvalue weighted by Gasteiger charge is 2.24. The molecular formula is C24H26N4O2S. The zero-order valence-corrected chi connectivity index (χ0v) is 18.7. The Bertz CT molecular complexity index is 1230. The van der Waals surface area contributed by atoms with Gasteiger partial charge in [-0.2, -0.15) is 0 Å². The average Bonchev–Trinajstić information content (AvgIpc) is 2.80. The fourth-order valence-corrected chi connectivity index (χ4v) is 5.37. The molecule has 2 aliphatic heterocycles. The summed E-state index contributed by atoms with van der Waals surface area (Å²) in [5.41, 5.74) is 4.98. The predicted octanol–water partition coefficient (Wildman–Crippen LogP) is 3.47. The standard InChI is InChI=1S/C24H26N4O2S/c1-16-4-5-17(2)21(14-16)26-9-11-27(12-10-26)22(29)18-6-7-19-20(15-18)25-24-28(23(19)30)8-3-13-31-24/h4-7,14-15H,3,8-13H2,1-2H3. The number of aryl methyl sites for hydroxylation is 2. The molecule has 160 valence electrons. The van der Waals surface area contributed by atoms with Gasteiger partial charge in [0, 0.05) is 49.7 Å². The normalized spacial score (nSPS) is 16.5. The van der Waals surface area contributed by atoms with Gasteiger partial charge in [0.15, 0.2) is 5.16 Å². The largest absolute Gasteiger partial charge is 0.368 e. The van der Waals surface area contributed by atoms with Gasteiger partial charge in [0.05, 0.1) is 10.9 Å². The second-order valence-corrected chi connectivity index (χ2v) is 9.42. The van der Waals surface area contributed by atoms with Gasteiger partial charge in [0.2, 0.25) is 0 Å². The number of anilines is 1. The molecule has 1 amide bonds. The van der Waals surface area contributed by atoms with Crippen LogP contribution in [0.3, 0.4) is 0 Å². The molecule has 0 radical (unpaired) electrons. The summed E-state index contributed by atoms with van der Waals surface area (Å²) in [7, 11) is 0. The van der Waals surface area contributed by atoms with Gasteiger partial charge in [-0.1, -0.05) is 23.9 Å². The van der Waals surface area contributed by atoms with Gasteiger partial charge >= 0.3 is 0 Å². The lowest BCUT2D eigenvalue weighted by Crippen LogP contribution is -2.49. The smallest absolute Gasteiger partial charge is 0.262 e. The number of fused-ring (bicyclic) bond motifs is 2. The molecule has 7 heteroatoms. The summed E-state index contributed by atoms with van der Waals surface area (Å²) in [5, 5.41) is 1.35. The van der Waals surface area contributed by atoms with Gasteiger partial charge in [-0.3, -0.25) is 14.2 Å². The number of carbonyl (C=O) groups excluding carboxylic acids is 1. The van der Waals surface area contributed by atoms with E-state index in [1.165, 1.54) is 16.8 Å². The van der Waals surface area contributed by atoms with E-state index in [2.05, 4.69) is 41.9 Å². The van der Waals surface area contributed by atoms with E-state index >= 15 is 0 Å². The first-order valence-electron chi connectivity index (χ1n) is 10.8. The van der Waals surface area contributed by atoms with Gasteiger partial charge in [0.25, 0.3) is 11.5 Å². The number of carbonyl (C=O) groups is 1. The minimum absolute atomic E-state index is 0.00617. The third-order valence-corrected chi connectivity index (χ3v) is 7.26. The summed E-state index contributed by atoms with van der Waals surface area (Å²) in [4.78, 5) is 34.9. The lowest BCUT2D eigenvalue weighted by Gasteiger charge is -2.37. The van der Waals surface area contributed by atoms with Crippen molar-refractivity contribution in [1.82, 2.24) is 14.5 Å². The number of piperazine rings is 1. The summed E-state index contributed by atoms with van der Waals surface area (Å²) in [6.45, 7) is 7.95. The van der Waals surface area contributed by atoms with E-state index in [1.807, 2.05) is 4.90 Å². The molecule has 3 heterocycles. The fraction of sp³-hybridized carbons (Fsp3) is 0.375. The first kappa shape index (κ1) is 20.1. The monoisotopic (exact) mass is 434 g/mol. The number of amides is 1. The molecule has 6 nitrogen and oxygen atoms in total. The molecule has 0 spiro atoms. The summed E-state index contributed by atoms with van der Waals surface area (Å²) in [6, 6.07) is 11.8. The van der Waals surface area contributed by atoms with Crippen LogP contribution in [0, 0.1) is 13.8 Å². The van der Waals surface area contributed by atoms with Crippen molar-refractivity contribution < 1.29 is 4.79 Å². The van der Waals surface area contributed by atoms with Crippen LogP contribution < -0.4 is 10.5 Å². The maximum absolute atomic E-state index is 13.2. The lowest BCUT2D eigenvalue weighted by molar-refractivity contribution is 0.0747. The molecule has 2 aromatic carbocycles. The Kier molecular flexibility index (Phi) is 5.22. The van der Waals surface area contributed by atoms with E-state index in [1.54, 1.807) is 34.5 Å². The molecule has 0 aliphatic carbocycles. The average molecular weight is 435 g/mol. The maximum atomic E-state index is 13.2. The molecule has 0 bridgehead atoms. The Hall–Kier alpha value is -2.80. The Balaban J connectivity index is 1.36. The Morgan fingerprint density at radius 2 is 1.81 bits per heavy atom. The third-order valence-electron chi connectivity index (χ3n) is 6.20. The van der Waals surface area contributed by atoms with E-state index < -0.39 is 0 Å². The number of nitrogens with zero attached hydrogens (tertiary/aromatic N) is 4. The maximum Gasteiger partial charge on any atom is 0.262 e. The first-order chi connectivity index (χ1) is 15.0. The fourth-order valence-electron chi connectivity index (χ4n) is 4.42. The highest BCUT2D eigenvalue weighted by Crippen LogP contribution is 2.25. The first-order valence-corrected chi connectivity index (χ1v) is 11.8. The van der Waals surface area contributed by atoms with Gasteiger partial charge in [-0.05, 0) is 55.7 Å². The van der Waals surface area contributed by atoms with Crippen LogP contribution in [0.2, 0.25) is 0 Å². The number of thioether (sulfide) groups is 1. The minimum Gasteiger partial charge on any atom is -0.368 e. The molecular weight excluding hydrogens is 408 g/mol. The van der Waals surface area contributed by atoms with Crippen molar-refractivity contribution in [1.29, 1.82) is 0 Å². The van der Waals surface area contributed by atoms with E-state index in [0.717, 1.165) is 37.0 Å². The van der Waals surface area contributed by atoms with Crippen LogP contribution in [-0.4, -0.2) is 52.3 Å². The van der Waals surface area contributed by atoms with Crippen molar-refractivity contribution in [3.8, 4) is 0 Å². The SMILES string of the molecule is Cc1ccc(C)c(N2CCN(C(=O)c3ccc4c(=O)n5c(nc4c3)SCCC5)CC2)c1. The van der Waals surface area contributed by atoms with Crippen LogP contribution >= 0.6 is 11.8 Å². The van der Waals surface area contributed by atoms with E-state index in [0.29, 0.717) is 29.6 Å². The lowest BCUT2D eigenvalue weighted by atomic mass is 10.1. The predicted molar refractivity (Wildman–Crippen MR) is 125 cm³/mol. The minimum atomic E-state index is -0.00617. The number of aromatic nitrogens is 2. The molecule has 1 fully saturated rings. The van der Waals surface area contributed by atoms with E-state index in [9.17, 15) is 9.59 Å². The quantitative estimate of drug-likeness (QED) is 0.578. The van der Waals surface area contributed by atoms with Crippen molar-refractivity contribution in [3.63, 3.8) is 0 Å². The molecule has 2 aliphatic rings. The van der Waals surface area contributed by atoms with E-state index in [4.69, 9.17) is 0 Å². The number of hydrogen-bond acceptors (Lipinski definition) is 5. The molecule has 0 unspecified atom stereocenters. The van der Waals surface area contributed by atoms with E-state index in [-0.39, 0.29) is 11.5 Å². The molecule has 1 saturated heterocycles. The summed E-state index contributed by atoms with van der Waals surface area (Å²) in [6.07, 6.45) is 0.982. The molecule has 31 heavy (non-hydrogen) atoms. The van der Waals surface area contributed by atoms with Gasteiger partial charge in [-0.15, -0.1) is 0 Å². The van der Waals surface area contributed by atoms with Gasteiger partial charge in [-0.25, -0.2) is 4.98 Å². The zero-order valence-electron chi connectivity index (χ0n) is 17.9. The second kappa shape index (κ2) is 8.04. The molecule has 5 rings (SSSR count). The van der Waals surface area contributed by atoms with Crippen molar-refractivity contribution in [2.75, 3.05) is 36.8 Å². The molecule has 3 aromatic rings. The van der Waals surface area contributed by atoms with Crippen molar-refractivity contribution in [3.05, 3.63) is 63.4 Å². The Morgan fingerprint density at radius 1 is 1.00 bits per heavy atom. The van der Waals surface area contributed by atoms with Crippen molar-refractivity contribution in [2.24, 2.45) is 0 Å². The van der Waals surface area contributed by atoms with Crippen LogP contribution in [-0.2, 0) is 6.54 Å². The van der Waals surface area contributed by atoms with Crippen LogP contribution in [0.4, 0.5) is 5.69 Å². The molecule has 0 saturated carbocycles. The van der Waals surface area contributed by atoms with Crippen molar-refractivity contribution >= 4 is 34.3 Å². The van der Waals surface area contributed by atoms with Crippen LogP contribution in [0.25, 0.3) is 10.9 Å².